The summed E-state index contributed by atoms with van der Waals surface area (Å²) in [6.45, 7) is 5.22. The molecule has 0 spiro atoms. The van der Waals surface area contributed by atoms with Gasteiger partial charge < -0.3 is 15.4 Å². The van der Waals surface area contributed by atoms with Gasteiger partial charge in [-0.25, -0.2) is 0 Å². The van der Waals surface area contributed by atoms with Gasteiger partial charge in [-0.3, -0.25) is 4.79 Å². The lowest BCUT2D eigenvalue weighted by molar-refractivity contribution is -0.114. The number of amides is 1. The predicted octanol–water partition coefficient (Wildman–Crippen LogP) is 4.92. The van der Waals surface area contributed by atoms with Crippen molar-refractivity contribution in [3.05, 3.63) is 53.0 Å². The molecule has 2 rings (SSSR count). The summed E-state index contributed by atoms with van der Waals surface area (Å²) < 4.78 is 6.71. The summed E-state index contributed by atoms with van der Waals surface area (Å²) in [5, 5.41) is 5.96. The van der Waals surface area contributed by atoms with Crippen LogP contribution in [0.4, 0.5) is 11.4 Å². The lowest BCUT2D eigenvalue weighted by atomic mass is 10.1. The highest BCUT2D eigenvalue weighted by atomic mass is 79.9. The van der Waals surface area contributed by atoms with Gasteiger partial charge in [-0.1, -0.05) is 35.8 Å². The Morgan fingerprint density at radius 3 is 2.58 bits per heavy atom. The van der Waals surface area contributed by atoms with E-state index in [0.29, 0.717) is 12.5 Å². The number of hydrogen-bond acceptors (Lipinski definition) is 3. The van der Waals surface area contributed by atoms with Crippen molar-refractivity contribution >= 4 is 33.2 Å². The minimum Gasteiger partial charge on any atom is -0.494 e. The van der Waals surface area contributed by atoms with Crippen molar-refractivity contribution in [2.24, 2.45) is 5.92 Å². The molecular formula is C19H23BrN2O2. The van der Waals surface area contributed by atoms with Gasteiger partial charge in [0.1, 0.15) is 5.75 Å². The SMILES string of the molecule is CC(C)CCOc1cccc(NC(=O)CNc2ccc(Br)cc2)c1. The Balaban J connectivity index is 1.81. The molecule has 0 radical (unpaired) electrons. The minimum absolute atomic E-state index is 0.0998. The number of carbonyl (C=O) groups excluding carboxylic acids is 1. The molecule has 2 aromatic rings. The summed E-state index contributed by atoms with van der Waals surface area (Å²) in [6, 6.07) is 15.2. The minimum atomic E-state index is -0.0998. The Bertz CT molecular complexity index is 657. The maximum atomic E-state index is 12.0. The van der Waals surface area contributed by atoms with Crippen molar-refractivity contribution in [3.63, 3.8) is 0 Å². The molecule has 0 aliphatic rings. The molecular weight excluding hydrogens is 368 g/mol. The second-order valence-corrected chi connectivity index (χ2v) is 6.88. The Hall–Kier alpha value is -2.01. The van der Waals surface area contributed by atoms with Crippen LogP contribution in [0.5, 0.6) is 5.75 Å². The summed E-state index contributed by atoms with van der Waals surface area (Å²) in [7, 11) is 0. The predicted molar refractivity (Wildman–Crippen MR) is 103 cm³/mol. The van der Waals surface area contributed by atoms with Gasteiger partial charge in [-0.05, 0) is 48.7 Å². The van der Waals surface area contributed by atoms with Gasteiger partial charge in [-0.15, -0.1) is 0 Å². The number of carbonyl (C=O) groups is 1. The van der Waals surface area contributed by atoms with E-state index in [0.717, 1.165) is 28.0 Å². The van der Waals surface area contributed by atoms with Crippen LogP contribution in [0, 0.1) is 5.92 Å². The first kappa shape index (κ1) is 18.3. The zero-order chi connectivity index (χ0) is 17.4. The Morgan fingerprint density at radius 2 is 1.88 bits per heavy atom. The first-order valence-electron chi connectivity index (χ1n) is 8.05. The van der Waals surface area contributed by atoms with Crippen LogP contribution in [0.2, 0.25) is 0 Å². The van der Waals surface area contributed by atoms with Gasteiger partial charge in [0, 0.05) is 21.9 Å². The van der Waals surface area contributed by atoms with Crippen molar-refractivity contribution in [1.29, 1.82) is 0 Å². The average molecular weight is 391 g/mol. The summed E-state index contributed by atoms with van der Waals surface area (Å²) in [6.07, 6.45) is 1.01. The highest BCUT2D eigenvalue weighted by Crippen LogP contribution is 2.18. The molecule has 0 aliphatic heterocycles. The molecule has 0 fully saturated rings. The molecule has 24 heavy (non-hydrogen) atoms. The van der Waals surface area contributed by atoms with E-state index in [1.165, 1.54) is 0 Å². The van der Waals surface area contributed by atoms with Crippen LogP contribution >= 0.6 is 15.9 Å². The van der Waals surface area contributed by atoms with Crippen LogP contribution in [0.1, 0.15) is 20.3 Å². The van der Waals surface area contributed by atoms with Crippen LogP contribution in [0.3, 0.4) is 0 Å². The van der Waals surface area contributed by atoms with E-state index in [-0.39, 0.29) is 12.5 Å². The van der Waals surface area contributed by atoms with Gasteiger partial charge >= 0.3 is 0 Å². The number of rotatable bonds is 8. The first-order chi connectivity index (χ1) is 11.5. The fourth-order valence-electron chi connectivity index (χ4n) is 2.03. The lowest BCUT2D eigenvalue weighted by Gasteiger charge is -2.11. The topological polar surface area (TPSA) is 50.4 Å². The molecule has 5 heteroatoms. The van der Waals surface area contributed by atoms with Crippen molar-refractivity contribution in [2.75, 3.05) is 23.8 Å². The van der Waals surface area contributed by atoms with Crippen molar-refractivity contribution < 1.29 is 9.53 Å². The molecule has 0 aromatic heterocycles. The number of hydrogen-bond donors (Lipinski definition) is 2. The smallest absolute Gasteiger partial charge is 0.243 e. The molecule has 0 saturated heterocycles. The normalized spacial score (nSPS) is 10.5. The quantitative estimate of drug-likeness (QED) is 0.671. The maximum absolute atomic E-state index is 12.0. The standard InChI is InChI=1S/C19H23BrN2O2/c1-14(2)10-11-24-18-5-3-4-17(12-18)22-19(23)13-21-16-8-6-15(20)7-9-16/h3-9,12,14,21H,10-11,13H2,1-2H3,(H,22,23). The average Bonchev–Trinajstić information content (AvgIpc) is 2.54. The second-order valence-electron chi connectivity index (χ2n) is 5.97. The zero-order valence-electron chi connectivity index (χ0n) is 14.0. The van der Waals surface area contributed by atoms with Crippen LogP contribution in [0.25, 0.3) is 0 Å². The van der Waals surface area contributed by atoms with E-state index in [1.807, 2.05) is 48.5 Å². The summed E-state index contributed by atoms with van der Waals surface area (Å²) in [5.41, 5.74) is 1.64. The number of anilines is 2. The van der Waals surface area contributed by atoms with Gasteiger partial charge in [0.05, 0.1) is 13.2 Å². The zero-order valence-corrected chi connectivity index (χ0v) is 15.6. The molecule has 2 N–H and O–H groups in total. The molecule has 4 nitrogen and oxygen atoms in total. The Kier molecular flexibility index (Phi) is 7.12. The van der Waals surface area contributed by atoms with E-state index < -0.39 is 0 Å². The van der Waals surface area contributed by atoms with Crippen LogP contribution in [-0.4, -0.2) is 19.1 Å². The van der Waals surface area contributed by atoms with E-state index in [4.69, 9.17) is 4.74 Å². The fourth-order valence-corrected chi connectivity index (χ4v) is 2.30. The van der Waals surface area contributed by atoms with E-state index in [2.05, 4.69) is 40.4 Å². The maximum Gasteiger partial charge on any atom is 0.243 e. The van der Waals surface area contributed by atoms with Crippen LogP contribution in [0.15, 0.2) is 53.0 Å². The van der Waals surface area contributed by atoms with Crippen LogP contribution in [-0.2, 0) is 4.79 Å². The summed E-state index contributed by atoms with van der Waals surface area (Å²) in [4.78, 5) is 12.0. The van der Waals surface area contributed by atoms with E-state index in [1.54, 1.807) is 0 Å². The molecule has 0 atom stereocenters. The highest BCUT2D eigenvalue weighted by molar-refractivity contribution is 9.10. The van der Waals surface area contributed by atoms with Crippen molar-refractivity contribution in [1.82, 2.24) is 0 Å². The van der Waals surface area contributed by atoms with Crippen molar-refractivity contribution in [3.8, 4) is 5.75 Å². The number of nitrogens with one attached hydrogen (secondary N) is 2. The largest absolute Gasteiger partial charge is 0.494 e. The lowest BCUT2D eigenvalue weighted by Crippen LogP contribution is -2.21. The molecule has 0 bridgehead atoms. The second kappa shape index (κ2) is 9.33. The molecule has 0 aliphatic carbocycles. The third-order valence-electron chi connectivity index (χ3n) is 3.38. The highest BCUT2D eigenvalue weighted by Gasteiger charge is 2.04. The van der Waals surface area contributed by atoms with Gasteiger partial charge in [0.2, 0.25) is 5.91 Å². The molecule has 2 aromatic carbocycles. The number of benzene rings is 2. The van der Waals surface area contributed by atoms with Crippen LogP contribution < -0.4 is 15.4 Å². The third kappa shape index (κ3) is 6.62. The first-order valence-corrected chi connectivity index (χ1v) is 8.84. The number of ether oxygens (including phenoxy) is 1. The van der Waals surface area contributed by atoms with E-state index in [9.17, 15) is 4.79 Å². The summed E-state index contributed by atoms with van der Waals surface area (Å²) in [5.74, 6) is 1.28. The monoisotopic (exact) mass is 390 g/mol. The van der Waals surface area contributed by atoms with Gasteiger partial charge in [-0.2, -0.15) is 0 Å². The summed E-state index contributed by atoms with van der Waals surface area (Å²) >= 11 is 3.38. The Morgan fingerprint density at radius 1 is 1.12 bits per heavy atom. The molecule has 1 amide bonds. The molecule has 128 valence electrons. The van der Waals surface area contributed by atoms with Gasteiger partial charge in [0.15, 0.2) is 0 Å². The Labute approximate surface area is 151 Å². The van der Waals surface area contributed by atoms with Gasteiger partial charge in [0.25, 0.3) is 0 Å². The fraction of sp³-hybridized carbons (Fsp3) is 0.316. The molecule has 0 unspecified atom stereocenters. The third-order valence-corrected chi connectivity index (χ3v) is 3.91. The van der Waals surface area contributed by atoms with E-state index >= 15 is 0 Å². The molecule has 0 heterocycles. The van der Waals surface area contributed by atoms with Crippen molar-refractivity contribution in [2.45, 2.75) is 20.3 Å². The molecule has 0 saturated carbocycles. The number of halogens is 1.